The summed E-state index contributed by atoms with van der Waals surface area (Å²) in [6.07, 6.45) is -4.22. The molecule has 0 saturated heterocycles. The maximum atomic E-state index is 13.6. The van der Waals surface area contributed by atoms with Crippen LogP contribution in [-0.4, -0.2) is 33.3 Å². The topological polar surface area (TPSA) is 95.6 Å². The first-order chi connectivity index (χ1) is 20.0. The van der Waals surface area contributed by atoms with Crippen molar-refractivity contribution in [3.8, 4) is 0 Å². The van der Waals surface area contributed by atoms with E-state index >= 15 is 0 Å². The van der Waals surface area contributed by atoms with Crippen molar-refractivity contribution >= 4 is 44.8 Å². The summed E-state index contributed by atoms with van der Waals surface area (Å²) < 4.78 is 68.2. The van der Waals surface area contributed by atoms with E-state index in [1.807, 2.05) is 30.3 Å². The average Bonchev–Trinajstić information content (AvgIpc) is 2.97. The molecule has 4 aromatic carbocycles. The zero-order valence-corrected chi connectivity index (χ0v) is 23.5. The summed E-state index contributed by atoms with van der Waals surface area (Å²) in [5.41, 5.74) is -0.446. The number of hydrogen-bond donors (Lipinski definition) is 2. The standard InChI is InChI=1S/C30H25ClF3N3O4S/c31-25-16-15-22(30(32,33)34)19-27(25)37(42(40,41)23-11-5-2-6-12-23)20-28(38)36-26-14-8-7-13-24(26)29(39)35-18-17-21-9-3-1-4-10-21/h1-16,19H,17-18,20H2,(H,35,39)(H,36,38). The number of nitrogens with one attached hydrogen (secondary N) is 2. The second-order valence-electron chi connectivity index (χ2n) is 9.07. The van der Waals surface area contributed by atoms with Crippen molar-refractivity contribution in [2.45, 2.75) is 17.5 Å². The Hall–Kier alpha value is -4.35. The van der Waals surface area contributed by atoms with E-state index in [1.54, 1.807) is 18.2 Å². The van der Waals surface area contributed by atoms with Crippen LogP contribution in [-0.2, 0) is 27.4 Å². The molecule has 0 saturated carbocycles. The van der Waals surface area contributed by atoms with Crippen LogP contribution in [0.4, 0.5) is 24.5 Å². The lowest BCUT2D eigenvalue weighted by Gasteiger charge is -2.26. The average molecular weight is 616 g/mol. The summed E-state index contributed by atoms with van der Waals surface area (Å²) >= 11 is 6.18. The van der Waals surface area contributed by atoms with E-state index in [1.165, 1.54) is 36.4 Å². The van der Waals surface area contributed by atoms with E-state index in [9.17, 15) is 31.2 Å². The molecule has 0 aliphatic rings. The second kappa shape index (κ2) is 13.1. The van der Waals surface area contributed by atoms with Crippen molar-refractivity contribution in [1.82, 2.24) is 5.32 Å². The van der Waals surface area contributed by atoms with Crippen molar-refractivity contribution in [3.63, 3.8) is 0 Å². The van der Waals surface area contributed by atoms with Gasteiger partial charge in [-0.1, -0.05) is 72.3 Å². The number of amides is 2. The molecule has 0 aliphatic carbocycles. The van der Waals surface area contributed by atoms with Crippen LogP contribution in [0.1, 0.15) is 21.5 Å². The molecule has 0 aliphatic heterocycles. The molecule has 0 heterocycles. The number of para-hydroxylation sites is 1. The third kappa shape index (κ3) is 7.48. The molecule has 2 amide bonds. The van der Waals surface area contributed by atoms with Gasteiger partial charge in [-0.25, -0.2) is 8.42 Å². The Labute approximate surface area is 246 Å². The number of nitrogens with zero attached hydrogens (tertiary/aromatic N) is 1. The fourth-order valence-corrected chi connectivity index (χ4v) is 5.79. The second-order valence-corrected chi connectivity index (χ2v) is 11.3. The first-order valence-electron chi connectivity index (χ1n) is 12.6. The normalized spacial score (nSPS) is 11.5. The quantitative estimate of drug-likeness (QED) is 0.223. The van der Waals surface area contributed by atoms with Gasteiger partial charge >= 0.3 is 6.18 Å². The monoisotopic (exact) mass is 615 g/mol. The van der Waals surface area contributed by atoms with Gasteiger partial charge in [-0.15, -0.1) is 0 Å². The Bertz CT molecular complexity index is 1670. The van der Waals surface area contributed by atoms with Crippen LogP contribution in [0, 0.1) is 0 Å². The predicted molar refractivity (Wildman–Crippen MR) is 155 cm³/mol. The SMILES string of the molecule is O=C(CN(c1cc(C(F)(F)F)ccc1Cl)S(=O)(=O)c1ccccc1)Nc1ccccc1C(=O)NCCc1ccccc1. The molecule has 0 bridgehead atoms. The largest absolute Gasteiger partial charge is 0.416 e. The van der Waals surface area contributed by atoms with Gasteiger partial charge in [0.05, 0.1) is 32.4 Å². The number of carbonyl (C=O) groups is 2. The first-order valence-corrected chi connectivity index (χ1v) is 14.4. The fourth-order valence-electron chi connectivity index (χ4n) is 4.07. The molecule has 0 atom stereocenters. The van der Waals surface area contributed by atoms with Crippen molar-refractivity contribution in [3.05, 3.63) is 125 Å². The number of hydrogen-bond acceptors (Lipinski definition) is 4. The number of anilines is 2. The molecule has 4 aromatic rings. The molecule has 218 valence electrons. The van der Waals surface area contributed by atoms with Gasteiger partial charge in [-0.3, -0.25) is 13.9 Å². The smallest absolute Gasteiger partial charge is 0.352 e. The van der Waals surface area contributed by atoms with Gasteiger partial charge in [0.15, 0.2) is 0 Å². The number of carbonyl (C=O) groups excluding carboxylic acids is 2. The summed E-state index contributed by atoms with van der Waals surface area (Å²) in [6, 6.07) is 24.7. The number of sulfonamides is 1. The minimum atomic E-state index is -4.80. The number of benzene rings is 4. The van der Waals surface area contributed by atoms with Crippen LogP contribution >= 0.6 is 11.6 Å². The Morgan fingerprint density at radius 2 is 1.45 bits per heavy atom. The summed E-state index contributed by atoms with van der Waals surface area (Å²) in [6.45, 7) is -0.607. The maximum absolute atomic E-state index is 13.6. The van der Waals surface area contributed by atoms with E-state index in [0.29, 0.717) is 29.4 Å². The van der Waals surface area contributed by atoms with Crippen LogP contribution < -0.4 is 14.9 Å². The molecule has 0 unspecified atom stereocenters. The number of alkyl halides is 3. The Kier molecular flexibility index (Phi) is 9.54. The van der Waals surface area contributed by atoms with E-state index in [4.69, 9.17) is 11.6 Å². The zero-order valence-electron chi connectivity index (χ0n) is 21.9. The first kappa shape index (κ1) is 30.6. The lowest BCUT2D eigenvalue weighted by molar-refractivity contribution is -0.137. The lowest BCUT2D eigenvalue weighted by Crippen LogP contribution is -2.38. The highest BCUT2D eigenvalue weighted by molar-refractivity contribution is 7.92. The van der Waals surface area contributed by atoms with Crippen LogP contribution in [0.3, 0.4) is 0 Å². The molecular weight excluding hydrogens is 591 g/mol. The molecule has 2 N–H and O–H groups in total. The van der Waals surface area contributed by atoms with Crippen molar-refractivity contribution in [1.29, 1.82) is 0 Å². The van der Waals surface area contributed by atoms with Crippen LogP contribution in [0.5, 0.6) is 0 Å². The van der Waals surface area contributed by atoms with Crippen molar-refractivity contribution in [2.24, 2.45) is 0 Å². The predicted octanol–water partition coefficient (Wildman–Crippen LogP) is 6.17. The number of halogens is 4. The van der Waals surface area contributed by atoms with Gasteiger partial charge in [0.25, 0.3) is 15.9 Å². The van der Waals surface area contributed by atoms with E-state index in [-0.39, 0.29) is 21.2 Å². The van der Waals surface area contributed by atoms with Crippen LogP contribution in [0.15, 0.2) is 108 Å². The molecular formula is C30H25ClF3N3O4S. The molecule has 0 spiro atoms. The van der Waals surface area contributed by atoms with Gasteiger partial charge in [-0.2, -0.15) is 13.2 Å². The summed E-state index contributed by atoms with van der Waals surface area (Å²) in [7, 11) is -4.55. The van der Waals surface area contributed by atoms with Crippen molar-refractivity contribution < 1.29 is 31.2 Å². The Morgan fingerprint density at radius 1 is 0.833 bits per heavy atom. The van der Waals surface area contributed by atoms with E-state index in [2.05, 4.69) is 10.6 Å². The Balaban J connectivity index is 1.60. The van der Waals surface area contributed by atoms with E-state index in [0.717, 1.165) is 11.6 Å². The highest BCUT2D eigenvalue weighted by Crippen LogP contribution is 2.37. The minimum Gasteiger partial charge on any atom is -0.352 e. The lowest BCUT2D eigenvalue weighted by atomic mass is 10.1. The molecule has 7 nitrogen and oxygen atoms in total. The minimum absolute atomic E-state index is 0.0897. The Morgan fingerprint density at radius 3 is 2.12 bits per heavy atom. The molecule has 12 heteroatoms. The van der Waals surface area contributed by atoms with Gasteiger partial charge in [0.2, 0.25) is 5.91 Å². The molecule has 0 radical (unpaired) electrons. The summed E-state index contributed by atoms with van der Waals surface area (Å²) in [4.78, 5) is 25.9. The third-order valence-corrected chi connectivity index (χ3v) is 8.24. The van der Waals surface area contributed by atoms with Crippen LogP contribution in [0.25, 0.3) is 0 Å². The molecule has 0 fully saturated rings. The zero-order chi connectivity index (χ0) is 30.3. The molecule has 0 aromatic heterocycles. The van der Waals surface area contributed by atoms with Gasteiger partial charge in [0, 0.05) is 6.54 Å². The van der Waals surface area contributed by atoms with Gasteiger partial charge in [-0.05, 0) is 54.4 Å². The third-order valence-electron chi connectivity index (χ3n) is 6.15. The highest BCUT2D eigenvalue weighted by atomic mass is 35.5. The van der Waals surface area contributed by atoms with Crippen LogP contribution in [0.2, 0.25) is 5.02 Å². The highest BCUT2D eigenvalue weighted by Gasteiger charge is 2.34. The molecule has 42 heavy (non-hydrogen) atoms. The summed E-state index contributed by atoms with van der Waals surface area (Å²) in [5.74, 6) is -1.39. The maximum Gasteiger partial charge on any atom is 0.416 e. The van der Waals surface area contributed by atoms with Crippen molar-refractivity contribution in [2.75, 3.05) is 22.7 Å². The number of rotatable bonds is 10. The molecule has 4 rings (SSSR count). The summed E-state index contributed by atoms with van der Waals surface area (Å²) in [5, 5.41) is 4.99. The van der Waals surface area contributed by atoms with Gasteiger partial charge in [0.1, 0.15) is 6.54 Å². The van der Waals surface area contributed by atoms with Gasteiger partial charge < -0.3 is 10.6 Å². The van der Waals surface area contributed by atoms with E-state index < -0.39 is 45.8 Å². The fraction of sp³-hybridized carbons (Fsp3) is 0.133.